The Morgan fingerprint density at radius 2 is 1.84 bits per heavy atom. The molecule has 2 rings (SSSR count). The van der Waals surface area contributed by atoms with Gasteiger partial charge in [-0.25, -0.2) is 4.39 Å². The van der Waals surface area contributed by atoms with Crippen LogP contribution in [0.5, 0.6) is 0 Å². The normalized spacial score (nSPS) is 14.1. The largest absolute Gasteiger partial charge is 0.389 e. The molecule has 1 aromatic heterocycles. The second-order valence-corrected chi connectivity index (χ2v) is 5.86. The Labute approximate surface area is 120 Å². The van der Waals surface area contributed by atoms with Crippen molar-refractivity contribution >= 4 is 15.9 Å². The van der Waals surface area contributed by atoms with Crippen molar-refractivity contribution in [1.29, 1.82) is 0 Å². The Morgan fingerprint density at radius 3 is 2.42 bits per heavy atom. The first-order valence-corrected chi connectivity index (χ1v) is 6.81. The Hall–Kier alpha value is -1.26. The van der Waals surface area contributed by atoms with Crippen LogP contribution in [-0.4, -0.2) is 15.7 Å². The molecule has 1 unspecified atom stereocenters. The monoisotopic (exact) mass is 323 g/mol. The number of benzene rings is 1. The van der Waals surface area contributed by atoms with Gasteiger partial charge in [0.15, 0.2) is 0 Å². The minimum atomic E-state index is -0.904. The lowest BCUT2D eigenvalue weighted by molar-refractivity contribution is 0.0598. The van der Waals surface area contributed by atoms with E-state index in [4.69, 9.17) is 0 Å². The minimum absolute atomic E-state index is 0.266. The fourth-order valence-electron chi connectivity index (χ4n) is 2.01. The van der Waals surface area contributed by atoms with Gasteiger partial charge in [-0.05, 0) is 52.7 Å². The molecule has 19 heavy (non-hydrogen) atoms. The number of hydrogen-bond donors (Lipinski definition) is 1. The molecule has 0 bridgehead atoms. The first kappa shape index (κ1) is 14.2. The van der Waals surface area contributed by atoms with E-state index in [0.29, 0.717) is 12.8 Å². The van der Waals surface area contributed by atoms with Crippen molar-refractivity contribution in [3.63, 3.8) is 0 Å². The summed E-state index contributed by atoms with van der Waals surface area (Å²) >= 11 is 3.33. The summed E-state index contributed by atoms with van der Waals surface area (Å²) in [5.41, 5.74) is 0.831. The minimum Gasteiger partial charge on any atom is -0.389 e. The average Bonchev–Trinajstić information content (AvgIpc) is 2.34. The number of hydrogen-bond acceptors (Lipinski definition) is 2. The molecule has 2 nitrogen and oxygen atoms in total. The fraction of sp³-hybridized carbons (Fsp3) is 0.267. The maximum atomic E-state index is 12.8. The standard InChI is InChI=1S/C15H15BrFNO/c1-15(19,8-11-2-5-13(17)6-3-11)9-14-7-4-12(16)10-18-14/h2-7,10,19H,8-9H2,1H3. The van der Waals surface area contributed by atoms with Crippen LogP contribution in [0.3, 0.4) is 0 Å². The first-order valence-electron chi connectivity index (χ1n) is 6.02. The molecule has 0 aliphatic carbocycles. The van der Waals surface area contributed by atoms with E-state index in [-0.39, 0.29) is 5.82 Å². The lowest BCUT2D eigenvalue weighted by Crippen LogP contribution is -2.30. The van der Waals surface area contributed by atoms with Crippen molar-refractivity contribution in [1.82, 2.24) is 4.98 Å². The van der Waals surface area contributed by atoms with Crippen LogP contribution in [-0.2, 0) is 12.8 Å². The third-order valence-corrected chi connectivity index (χ3v) is 3.32. The van der Waals surface area contributed by atoms with Gasteiger partial charge in [0.1, 0.15) is 5.82 Å². The van der Waals surface area contributed by atoms with Crippen LogP contribution < -0.4 is 0 Å². The predicted octanol–water partition coefficient (Wildman–Crippen LogP) is 3.52. The van der Waals surface area contributed by atoms with E-state index in [0.717, 1.165) is 15.7 Å². The third-order valence-electron chi connectivity index (χ3n) is 2.85. The first-order chi connectivity index (χ1) is 8.94. The summed E-state index contributed by atoms with van der Waals surface area (Å²) in [7, 11) is 0. The van der Waals surface area contributed by atoms with Gasteiger partial charge in [0.2, 0.25) is 0 Å². The molecular formula is C15H15BrFNO. The molecule has 0 fully saturated rings. The van der Waals surface area contributed by atoms with Gasteiger partial charge in [0, 0.05) is 29.2 Å². The van der Waals surface area contributed by atoms with E-state index >= 15 is 0 Å². The van der Waals surface area contributed by atoms with E-state index < -0.39 is 5.60 Å². The predicted molar refractivity (Wildman–Crippen MR) is 76.4 cm³/mol. The van der Waals surface area contributed by atoms with Gasteiger partial charge in [0.25, 0.3) is 0 Å². The summed E-state index contributed by atoms with van der Waals surface area (Å²) in [6.07, 6.45) is 2.63. The maximum Gasteiger partial charge on any atom is 0.123 e. The molecule has 1 aromatic carbocycles. The van der Waals surface area contributed by atoms with Crippen molar-refractivity contribution in [2.75, 3.05) is 0 Å². The van der Waals surface area contributed by atoms with Gasteiger partial charge in [-0.3, -0.25) is 4.98 Å². The van der Waals surface area contributed by atoms with Gasteiger partial charge < -0.3 is 5.11 Å². The molecule has 1 N–H and O–H groups in total. The summed E-state index contributed by atoms with van der Waals surface area (Å²) in [5, 5.41) is 10.4. The van der Waals surface area contributed by atoms with E-state index in [9.17, 15) is 9.50 Å². The van der Waals surface area contributed by atoms with Gasteiger partial charge in [0.05, 0.1) is 5.60 Å². The quantitative estimate of drug-likeness (QED) is 0.933. The molecule has 100 valence electrons. The van der Waals surface area contributed by atoms with E-state index in [2.05, 4.69) is 20.9 Å². The Kier molecular flexibility index (Phi) is 4.32. The molecule has 0 radical (unpaired) electrons. The van der Waals surface area contributed by atoms with E-state index in [1.807, 2.05) is 12.1 Å². The molecule has 0 saturated heterocycles. The highest BCUT2D eigenvalue weighted by atomic mass is 79.9. The van der Waals surface area contributed by atoms with Crippen LogP contribution in [0.25, 0.3) is 0 Å². The molecular weight excluding hydrogens is 309 g/mol. The number of halogens is 2. The van der Waals surface area contributed by atoms with Gasteiger partial charge >= 0.3 is 0 Å². The van der Waals surface area contributed by atoms with E-state index in [1.165, 1.54) is 12.1 Å². The molecule has 0 aliphatic heterocycles. The smallest absolute Gasteiger partial charge is 0.123 e. The number of aliphatic hydroxyl groups is 1. The Morgan fingerprint density at radius 1 is 1.16 bits per heavy atom. The molecule has 2 aromatic rings. The van der Waals surface area contributed by atoms with Gasteiger partial charge in [-0.1, -0.05) is 12.1 Å². The molecule has 1 heterocycles. The van der Waals surface area contributed by atoms with Crippen molar-refractivity contribution in [3.05, 3.63) is 64.1 Å². The summed E-state index contributed by atoms with van der Waals surface area (Å²) in [6.45, 7) is 1.76. The number of aromatic nitrogens is 1. The maximum absolute atomic E-state index is 12.8. The average molecular weight is 324 g/mol. The molecule has 0 amide bonds. The highest BCUT2D eigenvalue weighted by Gasteiger charge is 2.22. The molecule has 0 spiro atoms. The lowest BCUT2D eigenvalue weighted by Gasteiger charge is -2.23. The second-order valence-electron chi connectivity index (χ2n) is 4.94. The molecule has 0 aliphatic rings. The zero-order valence-corrected chi connectivity index (χ0v) is 12.2. The van der Waals surface area contributed by atoms with Gasteiger partial charge in [-0.15, -0.1) is 0 Å². The zero-order valence-electron chi connectivity index (χ0n) is 10.6. The summed E-state index contributed by atoms with van der Waals surface area (Å²) in [6, 6.07) is 9.98. The highest BCUT2D eigenvalue weighted by molar-refractivity contribution is 9.10. The van der Waals surface area contributed by atoms with Crippen LogP contribution >= 0.6 is 15.9 Å². The third kappa shape index (κ3) is 4.40. The molecule has 0 saturated carbocycles. The van der Waals surface area contributed by atoms with E-state index in [1.54, 1.807) is 25.3 Å². The van der Waals surface area contributed by atoms with Gasteiger partial charge in [-0.2, -0.15) is 0 Å². The fourth-order valence-corrected chi connectivity index (χ4v) is 2.24. The number of nitrogens with zero attached hydrogens (tertiary/aromatic N) is 1. The Bertz CT molecular complexity index is 488. The van der Waals surface area contributed by atoms with Crippen LogP contribution in [0.2, 0.25) is 0 Å². The summed E-state index contributed by atoms with van der Waals surface area (Å²) in [4.78, 5) is 4.25. The SMILES string of the molecule is CC(O)(Cc1ccc(F)cc1)Cc1ccc(Br)cn1. The van der Waals surface area contributed by atoms with Crippen molar-refractivity contribution in [3.8, 4) is 0 Å². The highest BCUT2D eigenvalue weighted by Crippen LogP contribution is 2.19. The topological polar surface area (TPSA) is 33.1 Å². The summed E-state index contributed by atoms with van der Waals surface area (Å²) < 4.78 is 13.7. The summed E-state index contributed by atoms with van der Waals surface area (Å²) in [5.74, 6) is -0.266. The number of rotatable bonds is 4. The van der Waals surface area contributed by atoms with Crippen LogP contribution in [0.15, 0.2) is 47.1 Å². The van der Waals surface area contributed by atoms with Crippen LogP contribution in [0.1, 0.15) is 18.2 Å². The van der Waals surface area contributed by atoms with Crippen LogP contribution in [0.4, 0.5) is 4.39 Å². The zero-order chi connectivity index (χ0) is 13.9. The van der Waals surface area contributed by atoms with Crippen molar-refractivity contribution in [2.45, 2.75) is 25.4 Å². The van der Waals surface area contributed by atoms with Crippen molar-refractivity contribution < 1.29 is 9.50 Å². The molecule has 4 heteroatoms. The Balaban J connectivity index is 2.05. The lowest BCUT2D eigenvalue weighted by atomic mass is 9.91. The van der Waals surface area contributed by atoms with Crippen LogP contribution in [0, 0.1) is 5.82 Å². The second kappa shape index (κ2) is 5.80. The number of pyridine rings is 1. The molecule has 1 atom stereocenters. The van der Waals surface area contributed by atoms with Crippen molar-refractivity contribution in [2.24, 2.45) is 0 Å².